The molecule has 0 atom stereocenters. The Morgan fingerprint density at radius 3 is 2.61 bits per heavy atom. The lowest BCUT2D eigenvalue weighted by molar-refractivity contribution is 0.0948. The molecule has 0 bridgehead atoms. The first-order valence-electron chi connectivity index (χ1n) is 6.78. The van der Waals surface area contributed by atoms with Gasteiger partial charge in [0.25, 0.3) is 5.91 Å². The predicted octanol–water partition coefficient (Wildman–Crippen LogP) is 3.71. The summed E-state index contributed by atoms with van der Waals surface area (Å²) in [5, 5.41) is 5.12. The number of pyridine rings is 1. The minimum Gasteiger partial charge on any atom is -0.294 e. The highest BCUT2D eigenvalue weighted by molar-refractivity contribution is 6.30. The first-order valence-corrected chi connectivity index (χ1v) is 7.53. The van der Waals surface area contributed by atoms with Crippen LogP contribution >= 0.6 is 23.2 Å². The third kappa shape index (κ3) is 3.36. The maximum Gasteiger partial charge on any atom is 0.290 e. The summed E-state index contributed by atoms with van der Waals surface area (Å²) >= 11 is 11.8. The summed E-state index contributed by atoms with van der Waals surface area (Å²) in [6.45, 7) is 1.76. The third-order valence-electron chi connectivity index (χ3n) is 3.22. The summed E-state index contributed by atoms with van der Waals surface area (Å²) < 4.78 is 1.64. The van der Waals surface area contributed by atoms with E-state index in [1.54, 1.807) is 60.1 Å². The second-order valence-corrected chi connectivity index (χ2v) is 5.74. The van der Waals surface area contributed by atoms with E-state index in [0.29, 0.717) is 27.1 Å². The number of amides is 1. The summed E-state index contributed by atoms with van der Waals surface area (Å²) in [6.07, 6.45) is 3.19. The van der Waals surface area contributed by atoms with Crippen molar-refractivity contribution in [2.75, 3.05) is 0 Å². The highest BCUT2D eigenvalue weighted by Crippen LogP contribution is 2.16. The molecule has 0 unspecified atom stereocenters. The Morgan fingerprint density at radius 1 is 1.17 bits per heavy atom. The van der Waals surface area contributed by atoms with Gasteiger partial charge >= 0.3 is 0 Å². The standard InChI is InChI=1S/C16H12Cl2N4O/c1-10-15(22-9-13(18)6-7-14(22)20-10)16(23)21-19-8-11-2-4-12(17)5-3-11/h2-9H,1H3,(H,21,23)/b19-8-. The van der Waals surface area contributed by atoms with Gasteiger partial charge in [0, 0.05) is 11.2 Å². The van der Waals surface area contributed by atoms with Gasteiger partial charge in [0.15, 0.2) is 0 Å². The van der Waals surface area contributed by atoms with E-state index >= 15 is 0 Å². The Kier molecular flexibility index (Phi) is 4.32. The Hall–Kier alpha value is -2.37. The number of nitrogens with one attached hydrogen (secondary N) is 1. The van der Waals surface area contributed by atoms with E-state index in [1.165, 1.54) is 0 Å². The monoisotopic (exact) mass is 346 g/mol. The number of carbonyl (C=O) groups excluding carboxylic acids is 1. The van der Waals surface area contributed by atoms with Crippen LogP contribution in [0.3, 0.4) is 0 Å². The van der Waals surface area contributed by atoms with Crippen LogP contribution in [0.5, 0.6) is 0 Å². The summed E-state index contributed by atoms with van der Waals surface area (Å²) in [7, 11) is 0. The van der Waals surface area contributed by atoms with Gasteiger partial charge in [-0.2, -0.15) is 5.10 Å². The molecular weight excluding hydrogens is 335 g/mol. The highest BCUT2D eigenvalue weighted by atomic mass is 35.5. The van der Waals surface area contributed by atoms with Gasteiger partial charge in [-0.15, -0.1) is 0 Å². The molecule has 116 valence electrons. The smallest absolute Gasteiger partial charge is 0.290 e. The number of rotatable bonds is 3. The maximum absolute atomic E-state index is 12.3. The number of nitrogens with zero attached hydrogens (tertiary/aromatic N) is 3. The summed E-state index contributed by atoms with van der Waals surface area (Å²) in [5.41, 5.74) is 4.97. The molecule has 0 spiro atoms. The van der Waals surface area contributed by atoms with Crippen LogP contribution in [-0.4, -0.2) is 21.5 Å². The van der Waals surface area contributed by atoms with E-state index in [0.717, 1.165) is 5.56 Å². The second kappa shape index (κ2) is 6.40. The molecule has 1 amide bonds. The van der Waals surface area contributed by atoms with E-state index in [-0.39, 0.29) is 5.91 Å². The van der Waals surface area contributed by atoms with Crippen LogP contribution in [0.25, 0.3) is 5.65 Å². The average molecular weight is 347 g/mol. The van der Waals surface area contributed by atoms with Gasteiger partial charge in [0.05, 0.1) is 16.9 Å². The van der Waals surface area contributed by atoms with E-state index in [4.69, 9.17) is 23.2 Å². The molecule has 1 aromatic carbocycles. The van der Waals surface area contributed by atoms with Crippen molar-refractivity contribution in [2.24, 2.45) is 5.10 Å². The van der Waals surface area contributed by atoms with Gasteiger partial charge in [-0.3, -0.25) is 9.20 Å². The predicted molar refractivity (Wildman–Crippen MR) is 91.5 cm³/mol. The molecule has 3 rings (SSSR count). The van der Waals surface area contributed by atoms with Crippen LogP contribution in [0.2, 0.25) is 10.0 Å². The molecule has 3 aromatic rings. The molecule has 0 fully saturated rings. The van der Waals surface area contributed by atoms with Crippen molar-refractivity contribution < 1.29 is 4.79 Å². The number of aryl methyl sites for hydroxylation is 1. The Bertz CT molecular complexity index is 900. The number of hydrogen-bond acceptors (Lipinski definition) is 3. The van der Waals surface area contributed by atoms with Crippen molar-refractivity contribution in [3.05, 3.63) is 69.6 Å². The van der Waals surface area contributed by atoms with Crippen molar-refractivity contribution in [1.82, 2.24) is 14.8 Å². The van der Waals surface area contributed by atoms with Crippen molar-refractivity contribution in [2.45, 2.75) is 6.92 Å². The lowest BCUT2D eigenvalue weighted by Gasteiger charge is -2.02. The minimum absolute atomic E-state index is 0.359. The van der Waals surface area contributed by atoms with Crippen molar-refractivity contribution >= 4 is 41.0 Å². The van der Waals surface area contributed by atoms with Crippen LogP contribution in [-0.2, 0) is 0 Å². The topological polar surface area (TPSA) is 58.8 Å². The number of benzene rings is 1. The fourth-order valence-corrected chi connectivity index (χ4v) is 2.46. The number of halogens is 2. The average Bonchev–Trinajstić information content (AvgIpc) is 2.84. The fraction of sp³-hybridized carbons (Fsp3) is 0.0625. The summed E-state index contributed by atoms with van der Waals surface area (Å²) in [4.78, 5) is 16.7. The van der Waals surface area contributed by atoms with Crippen molar-refractivity contribution in [3.63, 3.8) is 0 Å². The number of hydrogen-bond donors (Lipinski definition) is 1. The second-order valence-electron chi connectivity index (χ2n) is 4.87. The number of carbonyl (C=O) groups is 1. The zero-order valence-corrected chi connectivity index (χ0v) is 13.6. The molecule has 5 nitrogen and oxygen atoms in total. The molecule has 0 aliphatic rings. The zero-order valence-electron chi connectivity index (χ0n) is 12.1. The van der Waals surface area contributed by atoms with Gasteiger partial charge in [0.2, 0.25) is 0 Å². The van der Waals surface area contributed by atoms with E-state index in [9.17, 15) is 4.79 Å². The summed E-state index contributed by atoms with van der Waals surface area (Å²) in [6, 6.07) is 10.6. The van der Waals surface area contributed by atoms with E-state index in [2.05, 4.69) is 15.5 Å². The highest BCUT2D eigenvalue weighted by Gasteiger charge is 2.16. The molecule has 0 aliphatic carbocycles. The molecule has 2 aromatic heterocycles. The van der Waals surface area contributed by atoms with E-state index < -0.39 is 0 Å². The molecule has 0 saturated heterocycles. The molecule has 2 heterocycles. The maximum atomic E-state index is 12.3. The SMILES string of the molecule is Cc1nc2ccc(Cl)cn2c1C(=O)N/N=C\c1ccc(Cl)cc1. The van der Waals surface area contributed by atoms with Crippen LogP contribution < -0.4 is 5.43 Å². The zero-order chi connectivity index (χ0) is 16.4. The van der Waals surface area contributed by atoms with Gasteiger partial charge in [-0.1, -0.05) is 35.3 Å². The van der Waals surface area contributed by atoms with Crippen molar-refractivity contribution in [1.29, 1.82) is 0 Å². The van der Waals surface area contributed by atoms with E-state index in [1.807, 2.05) is 0 Å². The van der Waals surface area contributed by atoms with Crippen molar-refractivity contribution in [3.8, 4) is 0 Å². The largest absolute Gasteiger partial charge is 0.294 e. The molecular formula is C16H12Cl2N4O. The van der Waals surface area contributed by atoms with Gasteiger partial charge in [-0.25, -0.2) is 10.4 Å². The molecule has 7 heteroatoms. The van der Waals surface area contributed by atoms with Gasteiger partial charge in [0.1, 0.15) is 11.3 Å². The minimum atomic E-state index is -0.359. The molecule has 1 N–H and O–H groups in total. The molecule has 0 radical (unpaired) electrons. The molecule has 23 heavy (non-hydrogen) atoms. The molecule has 0 aliphatic heterocycles. The van der Waals surface area contributed by atoms with Gasteiger partial charge < -0.3 is 0 Å². The quantitative estimate of drug-likeness (QED) is 0.580. The van der Waals surface area contributed by atoms with Crippen LogP contribution in [0.15, 0.2) is 47.7 Å². The summed E-state index contributed by atoms with van der Waals surface area (Å²) in [5.74, 6) is -0.359. The molecule has 0 saturated carbocycles. The number of imidazole rings is 1. The van der Waals surface area contributed by atoms with Crippen LogP contribution in [0, 0.1) is 6.92 Å². The first kappa shape index (κ1) is 15.5. The van der Waals surface area contributed by atoms with Gasteiger partial charge in [-0.05, 0) is 36.8 Å². The Labute approximate surface area is 142 Å². The normalized spacial score (nSPS) is 11.3. The third-order valence-corrected chi connectivity index (χ3v) is 3.70. The number of fused-ring (bicyclic) bond motifs is 1. The lowest BCUT2D eigenvalue weighted by atomic mass is 10.2. The number of aromatic nitrogens is 2. The Morgan fingerprint density at radius 2 is 1.87 bits per heavy atom. The Balaban J connectivity index is 1.82. The number of hydrazone groups is 1. The first-order chi connectivity index (χ1) is 11.0. The fourth-order valence-electron chi connectivity index (χ4n) is 2.18. The van der Waals surface area contributed by atoms with Crippen LogP contribution in [0.1, 0.15) is 21.7 Å². The van der Waals surface area contributed by atoms with Crippen LogP contribution in [0.4, 0.5) is 0 Å². The lowest BCUT2D eigenvalue weighted by Crippen LogP contribution is -2.20.